The van der Waals surface area contributed by atoms with Crippen LogP contribution in [0.1, 0.15) is 37.8 Å². The fourth-order valence-electron chi connectivity index (χ4n) is 2.84. The lowest BCUT2D eigenvalue weighted by Gasteiger charge is -2.26. The van der Waals surface area contributed by atoms with Crippen molar-refractivity contribution >= 4 is 35.5 Å². The van der Waals surface area contributed by atoms with E-state index < -0.39 is 5.60 Å². The molecule has 2 aromatic heterocycles. The molecule has 156 valence electrons. The van der Waals surface area contributed by atoms with E-state index in [1.54, 1.807) is 29.3 Å². The van der Waals surface area contributed by atoms with E-state index in [0.717, 1.165) is 24.3 Å². The van der Waals surface area contributed by atoms with Crippen molar-refractivity contribution in [1.82, 2.24) is 19.9 Å². The smallest absolute Gasteiger partial charge is 0.410 e. The van der Waals surface area contributed by atoms with Gasteiger partial charge in [0.15, 0.2) is 0 Å². The van der Waals surface area contributed by atoms with Crippen molar-refractivity contribution in [2.45, 2.75) is 32.8 Å². The van der Waals surface area contributed by atoms with Gasteiger partial charge in [-0.1, -0.05) is 11.3 Å². The number of nitrogens with zero attached hydrogens (tertiary/aromatic N) is 4. The summed E-state index contributed by atoms with van der Waals surface area (Å²) in [4.78, 5) is 38.7. The van der Waals surface area contributed by atoms with Crippen LogP contribution in [0.3, 0.4) is 0 Å². The van der Waals surface area contributed by atoms with Gasteiger partial charge in [-0.25, -0.2) is 14.8 Å². The summed E-state index contributed by atoms with van der Waals surface area (Å²) in [5, 5.41) is 9.66. The van der Waals surface area contributed by atoms with Crippen molar-refractivity contribution in [3.8, 4) is 5.88 Å². The van der Waals surface area contributed by atoms with Crippen molar-refractivity contribution in [3.05, 3.63) is 32.5 Å². The van der Waals surface area contributed by atoms with E-state index in [1.165, 1.54) is 0 Å². The van der Waals surface area contributed by atoms with Gasteiger partial charge in [0, 0.05) is 32.4 Å². The maximum absolute atomic E-state index is 12.3. The molecule has 2 aromatic rings. The molecule has 1 amide bonds. The molecule has 0 atom stereocenters. The van der Waals surface area contributed by atoms with Crippen LogP contribution in [-0.4, -0.2) is 62.8 Å². The fourth-order valence-corrected chi connectivity index (χ4v) is 3.47. The number of hydrogen-bond donors (Lipinski definition) is 2. The number of H-pyrrole nitrogens is 1. The molecule has 1 aliphatic rings. The third kappa shape index (κ3) is 5.80. The number of thiazole rings is 1. The Morgan fingerprint density at radius 1 is 1.28 bits per heavy atom. The predicted molar refractivity (Wildman–Crippen MR) is 112 cm³/mol. The molecule has 0 radical (unpaired) electrons. The molecular formula is C19H25N5O4S. The molecule has 1 aliphatic heterocycles. The van der Waals surface area contributed by atoms with Gasteiger partial charge in [-0.15, -0.1) is 0 Å². The first-order valence-electron chi connectivity index (χ1n) is 9.37. The third-order valence-electron chi connectivity index (χ3n) is 4.16. The molecule has 0 unspecified atom stereocenters. The highest BCUT2D eigenvalue weighted by Gasteiger charge is 2.25. The van der Waals surface area contributed by atoms with Crippen LogP contribution in [0, 0.1) is 0 Å². The first kappa shape index (κ1) is 20.8. The van der Waals surface area contributed by atoms with Crippen LogP contribution in [-0.2, 0) is 4.74 Å². The van der Waals surface area contributed by atoms with E-state index in [1.807, 2.05) is 25.7 Å². The number of hydrogen-bond acceptors (Lipinski definition) is 8. The summed E-state index contributed by atoms with van der Waals surface area (Å²) in [6.07, 6.45) is 5.50. The first-order valence-corrected chi connectivity index (χ1v) is 10.2. The van der Waals surface area contributed by atoms with Gasteiger partial charge in [-0.05, 0) is 45.4 Å². The second kappa shape index (κ2) is 8.64. The summed E-state index contributed by atoms with van der Waals surface area (Å²) in [5.41, 5.74) is 0.137. The van der Waals surface area contributed by atoms with Gasteiger partial charge >= 0.3 is 11.0 Å². The molecule has 0 bridgehead atoms. The Kier molecular flexibility index (Phi) is 6.21. The number of carbonyl (C=O) groups is 1. The van der Waals surface area contributed by atoms with Gasteiger partial charge in [0.1, 0.15) is 5.60 Å². The van der Waals surface area contributed by atoms with Gasteiger partial charge in [-0.3, -0.25) is 9.78 Å². The van der Waals surface area contributed by atoms with E-state index >= 15 is 0 Å². The minimum Gasteiger partial charge on any atom is -0.493 e. The highest BCUT2D eigenvalue weighted by molar-refractivity contribution is 7.10. The van der Waals surface area contributed by atoms with Crippen molar-refractivity contribution < 1.29 is 14.6 Å². The normalized spacial score (nSPS) is 15.6. The van der Waals surface area contributed by atoms with Crippen LogP contribution in [0.2, 0.25) is 0 Å². The number of anilines is 1. The lowest BCUT2D eigenvalue weighted by molar-refractivity contribution is 0.0263. The lowest BCUT2D eigenvalue weighted by atomic mass is 10.2. The predicted octanol–water partition coefficient (Wildman–Crippen LogP) is 2.55. The number of aromatic hydroxyl groups is 1. The van der Waals surface area contributed by atoms with Crippen molar-refractivity contribution in [2.75, 3.05) is 31.1 Å². The van der Waals surface area contributed by atoms with Gasteiger partial charge in [0.2, 0.25) is 11.8 Å². The summed E-state index contributed by atoms with van der Waals surface area (Å²) in [7, 11) is 0. The average molecular weight is 420 g/mol. The number of aromatic nitrogens is 3. The zero-order chi connectivity index (χ0) is 21.0. The third-order valence-corrected chi connectivity index (χ3v) is 4.99. The van der Waals surface area contributed by atoms with Crippen LogP contribution in [0.15, 0.2) is 17.1 Å². The molecule has 1 saturated heterocycles. The Morgan fingerprint density at radius 2 is 2.07 bits per heavy atom. The Balaban J connectivity index is 1.67. The molecule has 0 saturated carbocycles. The topological polar surface area (TPSA) is 112 Å². The Morgan fingerprint density at radius 3 is 2.76 bits per heavy atom. The van der Waals surface area contributed by atoms with E-state index in [4.69, 9.17) is 4.74 Å². The van der Waals surface area contributed by atoms with E-state index in [9.17, 15) is 14.7 Å². The second-order valence-corrected chi connectivity index (χ2v) is 8.66. The molecule has 3 rings (SSSR count). The number of rotatable bonds is 3. The molecule has 3 heterocycles. The van der Waals surface area contributed by atoms with Gasteiger partial charge in [0.25, 0.3) is 0 Å². The van der Waals surface area contributed by atoms with E-state index in [-0.39, 0.29) is 16.8 Å². The monoisotopic (exact) mass is 419 g/mol. The molecule has 0 aromatic carbocycles. The Hall–Kier alpha value is -2.88. The molecule has 2 N–H and O–H groups in total. The van der Waals surface area contributed by atoms with E-state index in [2.05, 4.69) is 15.0 Å². The number of ether oxygens (including phenoxy) is 1. The summed E-state index contributed by atoms with van der Waals surface area (Å²) in [6.45, 7) is 8.05. The van der Waals surface area contributed by atoms with Gasteiger partial charge in [0.05, 0.1) is 10.6 Å². The lowest BCUT2D eigenvalue weighted by Crippen LogP contribution is -2.39. The molecule has 0 aliphatic carbocycles. The first-order chi connectivity index (χ1) is 13.7. The van der Waals surface area contributed by atoms with Crippen molar-refractivity contribution in [2.24, 2.45) is 0 Å². The van der Waals surface area contributed by atoms with Crippen LogP contribution in [0.4, 0.5) is 10.7 Å². The minimum atomic E-state index is -0.519. The van der Waals surface area contributed by atoms with Crippen LogP contribution in [0.5, 0.6) is 5.88 Å². The molecular weight excluding hydrogens is 394 g/mol. The standard InChI is InChI=1S/C19H25N5O4S/c1-19(2,3)28-18(27)24-10-4-9-23(11-12-24)16-20-8-7-13(21-16)5-6-14-15(25)22-17(26)29-14/h5-8,25H,4,9-12H2,1-3H3,(H,22,26). The van der Waals surface area contributed by atoms with Crippen LogP contribution < -0.4 is 9.77 Å². The Labute approximate surface area is 172 Å². The maximum atomic E-state index is 12.3. The molecule has 1 fully saturated rings. The number of carbonyl (C=O) groups excluding carboxylic acids is 1. The minimum absolute atomic E-state index is 0.153. The summed E-state index contributed by atoms with van der Waals surface area (Å²) < 4.78 is 5.46. The highest BCUT2D eigenvalue weighted by Crippen LogP contribution is 2.19. The summed E-state index contributed by atoms with van der Waals surface area (Å²) >= 11 is 0.924. The number of amides is 1. The zero-order valence-corrected chi connectivity index (χ0v) is 17.5. The zero-order valence-electron chi connectivity index (χ0n) is 16.7. The molecule has 0 spiro atoms. The quantitative estimate of drug-likeness (QED) is 0.786. The average Bonchev–Trinajstić information content (AvgIpc) is 2.84. The number of nitrogens with one attached hydrogen (secondary N) is 1. The largest absolute Gasteiger partial charge is 0.493 e. The Bertz CT molecular complexity index is 947. The molecule has 29 heavy (non-hydrogen) atoms. The number of aromatic amines is 1. The second-order valence-electron chi connectivity index (χ2n) is 7.65. The maximum Gasteiger partial charge on any atom is 0.410 e. The van der Waals surface area contributed by atoms with Crippen LogP contribution in [0.25, 0.3) is 12.2 Å². The van der Waals surface area contributed by atoms with Crippen molar-refractivity contribution in [1.29, 1.82) is 0 Å². The highest BCUT2D eigenvalue weighted by atomic mass is 32.1. The fraction of sp³-hybridized carbons (Fsp3) is 0.474. The summed E-state index contributed by atoms with van der Waals surface area (Å²) in [6, 6.07) is 1.75. The van der Waals surface area contributed by atoms with Gasteiger partial charge in [-0.2, -0.15) is 0 Å². The summed E-state index contributed by atoms with van der Waals surface area (Å²) in [5.74, 6) is 0.421. The van der Waals surface area contributed by atoms with E-state index in [0.29, 0.717) is 36.2 Å². The SMILES string of the molecule is CC(C)(C)OC(=O)N1CCCN(c2nccc(C=Cc3sc(=O)[nH]c3O)n2)CC1. The van der Waals surface area contributed by atoms with Gasteiger partial charge < -0.3 is 19.6 Å². The van der Waals surface area contributed by atoms with Crippen LogP contribution >= 0.6 is 11.3 Å². The molecule has 10 heteroatoms. The van der Waals surface area contributed by atoms with Crippen molar-refractivity contribution in [3.63, 3.8) is 0 Å². The molecule has 9 nitrogen and oxygen atoms in total.